The third kappa shape index (κ3) is 6.58. The Bertz CT molecular complexity index is 1700. The fourth-order valence-corrected chi connectivity index (χ4v) is 4.65. The van der Waals surface area contributed by atoms with Crippen LogP contribution in [-0.4, -0.2) is 51.4 Å². The Morgan fingerprint density at radius 3 is 2.62 bits per heavy atom. The number of amides is 1. The third-order valence-electron chi connectivity index (χ3n) is 6.89. The molecule has 5 aromatic rings. The fourth-order valence-electron chi connectivity index (χ4n) is 4.65. The van der Waals surface area contributed by atoms with Crippen molar-refractivity contribution < 1.29 is 18.0 Å². The van der Waals surface area contributed by atoms with Crippen molar-refractivity contribution in [2.75, 3.05) is 31.3 Å². The van der Waals surface area contributed by atoms with Crippen LogP contribution in [0.5, 0.6) is 0 Å². The van der Waals surface area contributed by atoms with Gasteiger partial charge in [-0.3, -0.25) is 9.78 Å². The van der Waals surface area contributed by atoms with E-state index < -0.39 is 17.6 Å². The van der Waals surface area contributed by atoms with Crippen LogP contribution in [0.2, 0.25) is 0 Å². The van der Waals surface area contributed by atoms with Gasteiger partial charge in [0, 0.05) is 41.1 Å². The average Bonchev–Trinajstić information content (AvgIpc) is 3.44. The minimum atomic E-state index is -4.55. The molecular formula is C31H30F3N7O. The normalized spacial score (nSPS) is 12.5. The molecule has 3 aromatic heterocycles. The van der Waals surface area contributed by atoms with Gasteiger partial charge in [-0.25, -0.2) is 9.97 Å². The molecule has 42 heavy (non-hydrogen) atoms. The number of benzene rings is 2. The van der Waals surface area contributed by atoms with E-state index in [-0.39, 0.29) is 11.5 Å². The number of carbonyl (C=O) groups is 1. The minimum absolute atomic E-state index is 0.0925. The Morgan fingerprint density at radius 1 is 1.05 bits per heavy atom. The Morgan fingerprint density at radius 2 is 1.88 bits per heavy atom. The number of nitrogens with one attached hydrogen (secondary N) is 3. The van der Waals surface area contributed by atoms with Gasteiger partial charge in [0.15, 0.2) is 0 Å². The molecule has 1 amide bonds. The smallest absolute Gasteiger partial charge is 0.358 e. The summed E-state index contributed by atoms with van der Waals surface area (Å²) < 4.78 is 39.6. The van der Waals surface area contributed by atoms with Gasteiger partial charge in [-0.05, 0) is 87.1 Å². The first-order chi connectivity index (χ1) is 20.1. The van der Waals surface area contributed by atoms with Crippen LogP contribution in [0.25, 0.3) is 22.3 Å². The Hall–Kier alpha value is -4.77. The van der Waals surface area contributed by atoms with Crippen LogP contribution in [0.3, 0.4) is 0 Å². The van der Waals surface area contributed by atoms with Gasteiger partial charge >= 0.3 is 6.18 Å². The van der Waals surface area contributed by atoms with Gasteiger partial charge in [-0.2, -0.15) is 13.2 Å². The Labute approximate surface area is 241 Å². The minimum Gasteiger partial charge on any atom is -0.358 e. The van der Waals surface area contributed by atoms with Gasteiger partial charge in [-0.1, -0.05) is 19.1 Å². The number of rotatable bonds is 9. The number of aromatic nitrogens is 4. The highest BCUT2D eigenvalue weighted by atomic mass is 19.4. The standard InChI is InChI=1S/C31H30F3N7O/c1-19(12-15-41(2)3)24-10-9-23(37-29(42)20-6-4-8-22(16-20)31(32,33)34)17-26(24)39-30-38-25-11-14-36-28(25)27(40-30)21-7-5-13-35-18-21/h4-11,13-14,16-19,36H,12,15H2,1-3H3,(H,37,42)(H,38,39,40). The predicted octanol–water partition coefficient (Wildman–Crippen LogP) is 7.09. The van der Waals surface area contributed by atoms with Gasteiger partial charge in [0.1, 0.15) is 5.69 Å². The molecule has 0 aliphatic heterocycles. The number of halogens is 3. The first-order valence-electron chi connectivity index (χ1n) is 13.4. The maximum Gasteiger partial charge on any atom is 0.416 e. The Balaban J connectivity index is 1.50. The van der Waals surface area contributed by atoms with Crippen molar-refractivity contribution >= 4 is 34.3 Å². The number of alkyl halides is 3. The van der Waals surface area contributed by atoms with Gasteiger partial charge in [0.05, 0.1) is 16.6 Å². The number of pyridine rings is 1. The summed E-state index contributed by atoms with van der Waals surface area (Å²) in [7, 11) is 4.02. The van der Waals surface area contributed by atoms with Gasteiger partial charge < -0.3 is 20.5 Å². The molecule has 0 aliphatic rings. The summed E-state index contributed by atoms with van der Waals surface area (Å²) in [6.45, 7) is 2.98. The number of hydrogen-bond donors (Lipinski definition) is 3. The van der Waals surface area contributed by atoms with E-state index >= 15 is 0 Å². The average molecular weight is 574 g/mol. The molecule has 0 spiro atoms. The number of fused-ring (bicyclic) bond motifs is 1. The molecule has 3 heterocycles. The molecule has 1 atom stereocenters. The number of H-pyrrole nitrogens is 1. The molecule has 0 radical (unpaired) electrons. The van der Waals surface area contributed by atoms with Crippen LogP contribution in [0.4, 0.5) is 30.5 Å². The maximum absolute atomic E-state index is 13.2. The molecule has 2 aromatic carbocycles. The zero-order valence-corrected chi connectivity index (χ0v) is 23.3. The van der Waals surface area contributed by atoms with E-state index in [2.05, 4.69) is 37.4 Å². The predicted molar refractivity (Wildman–Crippen MR) is 158 cm³/mol. The monoisotopic (exact) mass is 573 g/mol. The Kier molecular flexibility index (Phi) is 8.21. The van der Waals surface area contributed by atoms with Crippen molar-refractivity contribution in [2.24, 2.45) is 0 Å². The molecule has 216 valence electrons. The quantitative estimate of drug-likeness (QED) is 0.174. The molecule has 3 N–H and O–H groups in total. The van der Waals surface area contributed by atoms with Crippen molar-refractivity contribution in [3.63, 3.8) is 0 Å². The topological polar surface area (TPSA) is 98.8 Å². The van der Waals surface area contributed by atoms with Crippen LogP contribution in [0, 0.1) is 0 Å². The second kappa shape index (κ2) is 12.0. The SMILES string of the molecule is CC(CCN(C)C)c1ccc(NC(=O)c2cccc(C(F)(F)F)c2)cc1Nc1nc(-c2cccnc2)c2[nH]ccc2n1. The van der Waals surface area contributed by atoms with Crippen molar-refractivity contribution in [3.05, 3.63) is 95.9 Å². The zero-order chi connectivity index (χ0) is 29.9. The number of hydrogen-bond acceptors (Lipinski definition) is 6. The first kappa shape index (κ1) is 28.7. The summed E-state index contributed by atoms with van der Waals surface area (Å²) in [6.07, 6.45) is 1.53. The molecule has 11 heteroatoms. The highest BCUT2D eigenvalue weighted by molar-refractivity contribution is 6.04. The molecular weight excluding hydrogens is 543 g/mol. The molecule has 1 unspecified atom stereocenters. The van der Waals surface area contributed by atoms with Crippen LogP contribution in [-0.2, 0) is 6.18 Å². The molecule has 0 bridgehead atoms. The number of aromatic amines is 1. The molecule has 0 saturated carbocycles. The maximum atomic E-state index is 13.2. The second-order valence-electron chi connectivity index (χ2n) is 10.3. The van der Waals surface area contributed by atoms with Gasteiger partial charge in [-0.15, -0.1) is 0 Å². The van der Waals surface area contributed by atoms with E-state index in [1.165, 1.54) is 12.1 Å². The summed E-state index contributed by atoms with van der Waals surface area (Å²) in [6, 6.07) is 15.3. The van der Waals surface area contributed by atoms with Gasteiger partial charge in [0.25, 0.3) is 5.91 Å². The van der Waals surface area contributed by atoms with Crippen LogP contribution in [0.1, 0.15) is 40.7 Å². The van der Waals surface area contributed by atoms with E-state index in [1.54, 1.807) is 30.7 Å². The van der Waals surface area contributed by atoms with E-state index in [9.17, 15) is 18.0 Å². The summed E-state index contributed by atoms with van der Waals surface area (Å²) >= 11 is 0. The lowest BCUT2D eigenvalue weighted by molar-refractivity contribution is -0.137. The number of carbonyl (C=O) groups excluding carboxylic acids is 1. The van der Waals surface area contributed by atoms with Crippen molar-refractivity contribution in [3.8, 4) is 11.3 Å². The molecule has 5 rings (SSSR count). The van der Waals surface area contributed by atoms with Crippen molar-refractivity contribution in [2.45, 2.75) is 25.4 Å². The molecule has 8 nitrogen and oxygen atoms in total. The summed E-state index contributed by atoms with van der Waals surface area (Å²) in [5.41, 5.74) is 4.07. The highest BCUT2D eigenvalue weighted by Crippen LogP contribution is 2.34. The third-order valence-corrected chi connectivity index (χ3v) is 6.89. The summed E-state index contributed by atoms with van der Waals surface area (Å²) in [5.74, 6) is -0.162. The number of nitrogens with zero attached hydrogens (tertiary/aromatic N) is 4. The van der Waals surface area contributed by atoms with E-state index in [0.717, 1.165) is 41.7 Å². The fraction of sp³-hybridized carbons (Fsp3) is 0.226. The van der Waals surface area contributed by atoms with Crippen LogP contribution >= 0.6 is 0 Å². The van der Waals surface area contributed by atoms with Crippen LogP contribution < -0.4 is 10.6 Å². The number of anilines is 3. The lowest BCUT2D eigenvalue weighted by atomic mass is 9.95. The lowest BCUT2D eigenvalue weighted by Crippen LogP contribution is -2.16. The lowest BCUT2D eigenvalue weighted by Gasteiger charge is -2.20. The van der Waals surface area contributed by atoms with Crippen molar-refractivity contribution in [1.29, 1.82) is 0 Å². The van der Waals surface area contributed by atoms with E-state index in [4.69, 9.17) is 4.98 Å². The van der Waals surface area contributed by atoms with Gasteiger partial charge in [0.2, 0.25) is 5.95 Å². The summed E-state index contributed by atoms with van der Waals surface area (Å²) in [4.78, 5) is 31.9. The first-order valence-corrected chi connectivity index (χ1v) is 13.4. The molecule has 0 saturated heterocycles. The largest absolute Gasteiger partial charge is 0.416 e. The second-order valence-corrected chi connectivity index (χ2v) is 10.3. The molecule has 0 aliphatic carbocycles. The zero-order valence-electron chi connectivity index (χ0n) is 23.3. The highest BCUT2D eigenvalue weighted by Gasteiger charge is 2.31. The van der Waals surface area contributed by atoms with E-state index in [0.29, 0.717) is 28.5 Å². The van der Waals surface area contributed by atoms with Crippen LogP contribution in [0.15, 0.2) is 79.3 Å². The summed E-state index contributed by atoms with van der Waals surface area (Å²) in [5, 5.41) is 6.08. The van der Waals surface area contributed by atoms with Crippen molar-refractivity contribution in [1.82, 2.24) is 24.8 Å². The molecule has 0 fully saturated rings. The van der Waals surface area contributed by atoms with E-state index in [1.807, 2.05) is 38.4 Å².